The largest absolute Gasteiger partial charge is 0.506 e. The molecule has 8 heteroatoms. The Morgan fingerprint density at radius 1 is 1.03 bits per heavy atom. The van der Waals surface area contributed by atoms with Gasteiger partial charge in [0.25, 0.3) is 5.91 Å². The van der Waals surface area contributed by atoms with Crippen LogP contribution in [0.5, 0.6) is 11.5 Å². The number of benzene rings is 3. The highest BCUT2D eigenvalue weighted by molar-refractivity contribution is 6.37. The number of ether oxygens (including phenoxy) is 1. The number of amides is 1. The Hall–Kier alpha value is -3.17. The molecule has 0 saturated carbocycles. The highest BCUT2D eigenvalue weighted by Gasteiger charge is 2.07. The summed E-state index contributed by atoms with van der Waals surface area (Å²) in [7, 11) is 0. The van der Waals surface area contributed by atoms with Crippen LogP contribution in [0.1, 0.15) is 21.5 Å². The van der Waals surface area contributed by atoms with E-state index in [-0.39, 0.29) is 22.9 Å². The van der Waals surface area contributed by atoms with Gasteiger partial charge in [-0.1, -0.05) is 64.8 Å². The Balaban J connectivity index is 1.58. The van der Waals surface area contributed by atoms with Gasteiger partial charge >= 0.3 is 0 Å². The van der Waals surface area contributed by atoms with Gasteiger partial charge in [-0.3, -0.25) is 4.79 Å². The van der Waals surface area contributed by atoms with Gasteiger partial charge in [0.1, 0.15) is 12.4 Å². The molecule has 3 aromatic carbocycles. The van der Waals surface area contributed by atoms with Crippen LogP contribution in [0.25, 0.3) is 0 Å². The van der Waals surface area contributed by atoms with Gasteiger partial charge in [-0.25, -0.2) is 5.43 Å². The Morgan fingerprint density at radius 2 is 1.77 bits per heavy atom. The van der Waals surface area contributed by atoms with E-state index in [4.69, 9.17) is 39.5 Å². The van der Waals surface area contributed by atoms with Crippen LogP contribution in [0.4, 0.5) is 0 Å². The molecule has 0 heterocycles. The summed E-state index contributed by atoms with van der Waals surface area (Å²) < 4.78 is 5.53. The number of phenols is 1. The lowest BCUT2D eigenvalue weighted by Crippen LogP contribution is -2.17. The summed E-state index contributed by atoms with van der Waals surface area (Å²) in [5, 5.41) is 14.3. The molecule has 0 aromatic heterocycles. The van der Waals surface area contributed by atoms with Crippen molar-refractivity contribution in [2.45, 2.75) is 0 Å². The molecule has 0 fully saturated rings. The van der Waals surface area contributed by atoms with Crippen LogP contribution < -0.4 is 10.2 Å². The second-order valence-electron chi connectivity index (χ2n) is 6.13. The van der Waals surface area contributed by atoms with Crippen molar-refractivity contribution < 1.29 is 14.6 Å². The van der Waals surface area contributed by atoms with E-state index in [0.29, 0.717) is 15.8 Å². The number of hydrogen-bond acceptors (Lipinski definition) is 4. The van der Waals surface area contributed by atoms with Gasteiger partial charge in [-0.15, -0.1) is 0 Å². The highest BCUT2D eigenvalue weighted by Crippen LogP contribution is 2.32. The summed E-state index contributed by atoms with van der Waals surface area (Å²) in [6, 6.07) is 16.5. The number of nitrogens with one attached hydrogen (secondary N) is 1. The quantitative estimate of drug-likeness (QED) is 0.290. The zero-order chi connectivity index (χ0) is 22.2. The van der Waals surface area contributed by atoms with Crippen LogP contribution in [0, 0.1) is 11.8 Å². The van der Waals surface area contributed by atoms with E-state index < -0.39 is 5.91 Å². The molecule has 0 spiro atoms. The van der Waals surface area contributed by atoms with Crippen molar-refractivity contribution in [3.05, 3.63) is 92.4 Å². The maximum absolute atomic E-state index is 12.1. The Bertz CT molecular complexity index is 1180. The minimum Gasteiger partial charge on any atom is -0.506 e. The van der Waals surface area contributed by atoms with E-state index in [1.54, 1.807) is 18.2 Å². The number of aromatic hydroxyl groups is 1. The third kappa shape index (κ3) is 6.40. The number of hydrazone groups is 1. The Kier molecular flexibility index (Phi) is 7.80. The molecule has 0 aliphatic rings. The molecule has 31 heavy (non-hydrogen) atoms. The molecule has 3 aromatic rings. The molecule has 3 rings (SSSR count). The Morgan fingerprint density at radius 3 is 2.52 bits per heavy atom. The van der Waals surface area contributed by atoms with Crippen LogP contribution in [0.15, 0.2) is 65.8 Å². The second kappa shape index (κ2) is 10.7. The maximum atomic E-state index is 12.1. The van der Waals surface area contributed by atoms with E-state index in [9.17, 15) is 9.90 Å². The smallest absolute Gasteiger partial charge is 0.271 e. The maximum Gasteiger partial charge on any atom is 0.271 e. The first-order valence-corrected chi connectivity index (χ1v) is 10.0. The molecule has 2 N–H and O–H groups in total. The monoisotopic (exact) mass is 472 g/mol. The van der Waals surface area contributed by atoms with E-state index in [1.807, 2.05) is 24.3 Å². The standard InChI is InChI=1S/C23H15Cl3N2O3/c24-18-7-2-8-19(25)22(18)31-11-3-6-15-4-1-5-16(12-15)14-27-28-23(30)17-9-10-21(29)20(26)13-17/h1-2,4-5,7-10,12-14,29H,11H2,(H,28,30)/b27-14+. The minimum atomic E-state index is -0.454. The van der Waals surface area contributed by atoms with Crippen LogP contribution in [0.2, 0.25) is 15.1 Å². The zero-order valence-electron chi connectivity index (χ0n) is 15.9. The fourth-order valence-electron chi connectivity index (χ4n) is 2.44. The SMILES string of the molecule is O=C(N/N=C/c1cccc(C#CCOc2c(Cl)cccc2Cl)c1)c1ccc(O)c(Cl)c1. The second-order valence-corrected chi connectivity index (χ2v) is 7.35. The molecule has 0 bridgehead atoms. The molecule has 0 aliphatic heterocycles. The molecule has 1 amide bonds. The molecular weight excluding hydrogens is 459 g/mol. The predicted octanol–water partition coefficient (Wildman–Crippen LogP) is 5.55. The number of nitrogens with zero attached hydrogens (tertiary/aromatic N) is 1. The lowest BCUT2D eigenvalue weighted by molar-refractivity contribution is 0.0955. The number of hydrogen-bond donors (Lipinski definition) is 2. The van der Waals surface area contributed by atoms with Crippen LogP contribution in [0.3, 0.4) is 0 Å². The molecule has 156 valence electrons. The normalized spacial score (nSPS) is 10.4. The number of carbonyl (C=O) groups excluding carboxylic acids is 1. The van der Waals surface area contributed by atoms with Gasteiger partial charge in [0.2, 0.25) is 0 Å². The fraction of sp³-hybridized carbons (Fsp3) is 0.0435. The number of phenolic OH excluding ortho intramolecular Hbond substituents is 1. The van der Waals surface area contributed by atoms with Crippen LogP contribution in [-0.2, 0) is 0 Å². The summed E-state index contributed by atoms with van der Waals surface area (Å²) in [6.07, 6.45) is 1.49. The fourth-order valence-corrected chi connectivity index (χ4v) is 3.13. The molecule has 0 radical (unpaired) electrons. The first-order chi connectivity index (χ1) is 14.9. The average molecular weight is 474 g/mol. The van der Waals surface area contributed by atoms with Gasteiger partial charge in [-0.05, 0) is 48.0 Å². The summed E-state index contributed by atoms with van der Waals surface area (Å²) in [6.45, 7) is 0.118. The lowest BCUT2D eigenvalue weighted by atomic mass is 10.1. The summed E-state index contributed by atoms with van der Waals surface area (Å²) in [5.74, 6) is 5.73. The predicted molar refractivity (Wildman–Crippen MR) is 123 cm³/mol. The van der Waals surface area contributed by atoms with E-state index in [0.717, 1.165) is 11.1 Å². The van der Waals surface area contributed by atoms with Gasteiger partial charge in [0.05, 0.1) is 21.3 Å². The van der Waals surface area contributed by atoms with E-state index in [1.165, 1.54) is 24.4 Å². The zero-order valence-corrected chi connectivity index (χ0v) is 18.2. The van der Waals surface area contributed by atoms with Crippen molar-refractivity contribution in [2.24, 2.45) is 5.10 Å². The van der Waals surface area contributed by atoms with Crippen LogP contribution >= 0.6 is 34.8 Å². The van der Waals surface area contributed by atoms with Gasteiger partial charge in [0.15, 0.2) is 5.75 Å². The highest BCUT2D eigenvalue weighted by atomic mass is 35.5. The topological polar surface area (TPSA) is 70.9 Å². The molecule has 5 nitrogen and oxygen atoms in total. The van der Waals surface area contributed by atoms with Gasteiger partial charge in [0, 0.05) is 11.1 Å². The van der Waals surface area contributed by atoms with Crippen molar-refractivity contribution in [1.82, 2.24) is 5.43 Å². The van der Waals surface area contributed by atoms with Crippen LogP contribution in [-0.4, -0.2) is 23.8 Å². The van der Waals surface area contributed by atoms with E-state index >= 15 is 0 Å². The molecule has 0 aliphatic carbocycles. The molecule has 0 unspecified atom stereocenters. The summed E-state index contributed by atoms with van der Waals surface area (Å²) in [5.41, 5.74) is 4.17. The van der Waals surface area contributed by atoms with Gasteiger partial charge < -0.3 is 9.84 Å². The molecule has 0 saturated heterocycles. The number of rotatable bonds is 5. The third-order valence-electron chi connectivity index (χ3n) is 3.92. The first kappa shape index (κ1) is 22.5. The van der Waals surface area contributed by atoms with Gasteiger partial charge in [-0.2, -0.15) is 5.10 Å². The third-order valence-corrected chi connectivity index (χ3v) is 4.81. The Labute approximate surface area is 194 Å². The summed E-state index contributed by atoms with van der Waals surface area (Å²) >= 11 is 17.9. The number of halogens is 3. The number of carbonyl (C=O) groups is 1. The van der Waals surface area contributed by atoms with Crippen molar-refractivity contribution in [3.63, 3.8) is 0 Å². The minimum absolute atomic E-state index is 0.0868. The first-order valence-electron chi connectivity index (χ1n) is 8.91. The number of para-hydroxylation sites is 1. The van der Waals surface area contributed by atoms with Crippen molar-refractivity contribution in [3.8, 4) is 23.3 Å². The average Bonchev–Trinajstić information content (AvgIpc) is 2.75. The van der Waals surface area contributed by atoms with Crippen molar-refractivity contribution in [1.29, 1.82) is 0 Å². The van der Waals surface area contributed by atoms with E-state index in [2.05, 4.69) is 22.4 Å². The molecular formula is C23H15Cl3N2O3. The lowest BCUT2D eigenvalue weighted by Gasteiger charge is -2.05. The summed E-state index contributed by atoms with van der Waals surface area (Å²) in [4.78, 5) is 12.1. The van der Waals surface area contributed by atoms with Crippen molar-refractivity contribution >= 4 is 46.9 Å². The molecule has 0 atom stereocenters. The van der Waals surface area contributed by atoms with Crippen molar-refractivity contribution in [2.75, 3.05) is 6.61 Å².